The van der Waals surface area contributed by atoms with E-state index < -0.39 is 5.91 Å². The molecule has 6 nitrogen and oxygen atoms in total. The highest BCUT2D eigenvalue weighted by Gasteiger charge is 2.16. The number of carbonyl (C=O) groups is 1. The first-order valence-corrected chi connectivity index (χ1v) is 6.11. The number of hydrazine groups is 1. The van der Waals surface area contributed by atoms with Crippen molar-refractivity contribution in [1.82, 2.24) is 15.2 Å². The van der Waals surface area contributed by atoms with E-state index in [0.717, 1.165) is 17.0 Å². The number of halogens is 1. The molecule has 0 unspecified atom stereocenters. The van der Waals surface area contributed by atoms with Crippen LogP contribution in [0, 0.1) is 20.8 Å². The van der Waals surface area contributed by atoms with E-state index in [1.807, 2.05) is 19.3 Å². The zero-order chi connectivity index (χ0) is 14.2. The maximum Gasteiger partial charge on any atom is 0.300 e. The highest BCUT2D eigenvalue weighted by atomic mass is 35.5. The van der Waals surface area contributed by atoms with Crippen molar-refractivity contribution in [3.05, 3.63) is 39.6 Å². The lowest BCUT2D eigenvalue weighted by atomic mass is 10.2. The van der Waals surface area contributed by atoms with Gasteiger partial charge in [0.05, 0.1) is 23.0 Å². The van der Waals surface area contributed by atoms with E-state index in [1.54, 1.807) is 17.7 Å². The summed E-state index contributed by atoms with van der Waals surface area (Å²) in [5.74, 6) is 5.45. The number of aryl methyl sites for hydroxylation is 2. The zero-order valence-electron chi connectivity index (χ0n) is 11.0. The molecule has 2 rings (SSSR count). The van der Waals surface area contributed by atoms with E-state index in [9.17, 15) is 4.79 Å². The Balaban J connectivity index is 2.31. The van der Waals surface area contributed by atoms with Gasteiger partial charge in [-0.1, -0.05) is 11.6 Å². The van der Waals surface area contributed by atoms with Gasteiger partial charge in [-0.15, -0.1) is 0 Å². The second-order valence-corrected chi connectivity index (χ2v) is 4.69. The van der Waals surface area contributed by atoms with Crippen LogP contribution in [0.3, 0.4) is 0 Å². The fourth-order valence-electron chi connectivity index (χ4n) is 1.85. The molecular weight excluding hydrogens is 268 g/mol. The van der Waals surface area contributed by atoms with E-state index in [2.05, 4.69) is 5.10 Å². The lowest BCUT2D eigenvalue weighted by molar-refractivity contribution is 0.0924. The van der Waals surface area contributed by atoms with Crippen LogP contribution in [0.4, 0.5) is 0 Å². The average Bonchev–Trinajstić information content (AvgIpc) is 2.86. The van der Waals surface area contributed by atoms with Gasteiger partial charge in [0.25, 0.3) is 0 Å². The Morgan fingerprint density at radius 3 is 2.74 bits per heavy atom. The van der Waals surface area contributed by atoms with Crippen molar-refractivity contribution in [1.29, 1.82) is 0 Å². The van der Waals surface area contributed by atoms with Crippen LogP contribution in [-0.2, 0) is 6.54 Å². The summed E-state index contributed by atoms with van der Waals surface area (Å²) in [7, 11) is 0. The van der Waals surface area contributed by atoms with Gasteiger partial charge in [-0.2, -0.15) is 5.10 Å². The van der Waals surface area contributed by atoms with Gasteiger partial charge < -0.3 is 4.42 Å². The quantitative estimate of drug-likeness (QED) is 0.510. The van der Waals surface area contributed by atoms with Crippen LogP contribution in [0.2, 0.25) is 5.02 Å². The van der Waals surface area contributed by atoms with Crippen LogP contribution in [-0.4, -0.2) is 15.7 Å². The molecule has 0 spiro atoms. The molecular formula is C12H15ClN4O2. The maximum atomic E-state index is 11.4. The van der Waals surface area contributed by atoms with Gasteiger partial charge in [0.1, 0.15) is 5.76 Å². The Kier molecular flexibility index (Phi) is 3.64. The summed E-state index contributed by atoms with van der Waals surface area (Å²) in [4.78, 5) is 11.4. The van der Waals surface area contributed by atoms with E-state index in [0.29, 0.717) is 17.3 Å². The molecule has 1 amide bonds. The van der Waals surface area contributed by atoms with E-state index >= 15 is 0 Å². The summed E-state index contributed by atoms with van der Waals surface area (Å²) >= 11 is 6.10. The van der Waals surface area contributed by atoms with Crippen LogP contribution in [0.5, 0.6) is 0 Å². The number of nitrogens with one attached hydrogen (secondary N) is 1. The number of hydrogen-bond acceptors (Lipinski definition) is 4. The van der Waals surface area contributed by atoms with Gasteiger partial charge >= 0.3 is 5.91 Å². The first kappa shape index (κ1) is 13.6. The second-order valence-electron chi connectivity index (χ2n) is 4.31. The van der Waals surface area contributed by atoms with Crippen LogP contribution in [0.25, 0.3) is 0 Å². The van der Waals surface area contributed by atoms with E-state index in [1.165, 1.54) is 0 Å². The first-order valence-electron chi connectivity index (χ1n) is 5.73. The van der Waals surface area contributed by atoms with Crippen molar-refractivity contribution in [3.63, 3.8) is 0 Å². The molecule has 0 fully saturated rings. The van der Waals surface area contributed by atoms with Crippen LogP contribution < -0.4 is 11.3 Å². The lowest BCUT2D eigenvalue weighted by Gasteiger charge is -2.02. The first-order chi connectivity index (χ1) is 8.93. The number of amides is 1. The summed E-state index contributed by atoms with van der Waals surface area (Å²) in [5, 5.41) is 4.99. The normalized spacial score (nSPS) is 10.8. The number of nitrogens with zero attached hydrogens (tertiary/aromatic N) is 2. The summed E-state index contributed by atoms with van der Waals surface area (Å²) in [6, 6.07) is 1.65. The minimum Gasteiger partial charge on any atom is -0.456 e. The van der Waals surface area contributed by atoms with Crippen molar-refractivity contribution in [2.24, 2.45) is 5.84 Å². The number of hydrogen-bond donors (Lipinski definition) is 2. The summed E-state index contributed by atoms with van der Waals surface area (Å²) in [6.45, 7) is 6.02. The molecule has 0 aromatic carbocycles. The Morgan fingerprint density at radius 1 is 1.53 bits per heavy atom. The largest absolute Gasteiger partial charge is 0.456 e. The van der Waals surface area contributed by atoms with Crippen LogP contribution in [0.15, 0.2) is 10.5 Å². The molecule has 3 N–H and O–H groups in total. The zero-order valence-corrected chi connectivity index (χ0v) is 11.7. The number of furan rings is 1. The molecule has 0 aliphatic carbocycles. The fraction of sp³-hybridized carbons (Fsp3) is 0.333. The smallest absolute Gasteiger partial charge is 0.300 e. The number of rotatable bonds is 3. The van der Waals surface area contributed by atoms with Crippen molar-refractivity contribution in [2.75, 3.05) is 0 Å². The Morgan fingerprint density at radius 2 is 2.21 bits per heavy atom. The third kappa shape index (κ3) is 2.50. The van der Waals surface area contributed by atoms with Crippen molar-refractivity contribution >= 4 is 17.5 Å². The van der Waals surface area contributed by atoms with Gasteiger partial charge in [0.2, 0.25) is 0 Å². The molecule has 7 heteroatoms. The summed E-state index contributed by atoms with van der Waals surface area (Å²) in [5.41, 5.74) is 4.55. The van der Waals surface area contributed by atoms with Crippen molar-refractivity contribution in [3.8, 4) is 0 Å². The summed E-state index contributed by atoms with van der Waals surface area (Å²) in [6.07, 6.45) is 0. The topological polar surface area (TPSA) is 86.1 Å². The average molecular weight is 283 g/mol. The van der Waals surface area contributed by atoms with Gasteiger partial charge in [0.15, 0.2) is 5.76 Å². The van der Waals surface area contributed by atoms with Crippen LogP contribution >= 0.6 is 11.6 Å². The molecule has 2 aromatic heterocycles. The molecule has 0 aliphatic heterocycles. The predicted molar refractivity (Wildman–Crippen MR) is 70.9 cm³/mol. The standard InChI is InChI=1S/C12H15ClN4O2/c1-6-11(13)7(2)17(16-6)5-9-4-10(12(18)15-14)19-8(9)3/h4H,5,14H2,1-3H3,(H,15,18). The Hall–Kier alpha value is -1.79. The highest BCUT2D eigenvalue weighted by molar-refractivity contribution is 6.31. The molecule has 0 aliphatic rings. The molecule has 2 heterocycles. The van der Waals surface area contributed by atoms with Gasteiger partial charge in [-0.05, 0) is 26.8 Å². The van der Waals surface area contributed by atoms with Crippen molar-refractivity contribution in [2.45, 2.75) is 27.3 Å². The molecule has 0 atom stereocenters. The van der Waals surface area contributed by atoms with Crippen LogP contribution in [0.1, 0.15) is 33.3 Å². The lowest BCUT2D eigenvalue weighted by Crippen LogP contribution is -2.29. The number of nitrogens with two attached hydrogens (primary N) is 1. The molecule has 0 bridgehead atoms. The molecule has 2 aromatic rings. The monoisotopic (exact) mass is 282 g/mol. The fourth-order valence-corrected chi connectivity index (χ4v) is 1.99. The van der Waals surface area contributed by atoms with Gasteiger partial charge in [0, 0.05) is 5.56 Å². The Labute approximate surface area is 115 Å². The molecule has 0 radical (unpaired) electrons. The second kappa shape index (κ2) is 5.07. The van der Waals surface area contributed by atoms with Gasteiger partial charge in [-0.3, -0.25) is 14.9 Å². The number of nitrogen functional groups attached to an aromatic ring is 1. The van der Waals surface area contributed by atoms with E-state index in [4.69, 9.17) is 21.9 Å². The molecule has 0 saturated carbocycles. The minimum absolute atomic E-state index is 0.183. The van der Waals surface area contributed by atoms with E-state index in [-0.39, 0.29) is 5.76 Å². The molecule has 0 saturated heterocycles. The highest BCUT2D eigenvalue weighted by Crippen LogP contribution is 2.22. The molecule has 19 heavy (non-hydrogen) atoms. The third-order valence-electron chi connectivity index (χ3n) is 2.99. The van der Waals surface area contributed by atoms with Gasteiger partial charge in [-0.25, -0.2) is 5.84 Å². The maximum absolute atomic E-state index is 11.4. The summed E-state index contributed by atoms with van der Waals surface area (Å²) < 4.78 is 7.13. The third-order valence-corrected chi connectivity index (χ3v) is 3.54. The Bertz CT molecular complexity index is 630. The minimum atomic E-state index is -0.458. The number of carbonyl (C=O) groups excluding carboxylic acids is 1. The predicted octanol–water partition coefficient (Wildman–Crippen LogP) is 1.71. The number of aromatic nitrogens is 2. The SMILES string of the molecule is Cc1nn(Cc2cc(C(=O)NN)oc2C)c(C)c1Cl. The molecule has 102 valence electrons. The van der Waals surface area contributed by atoms with Crippen molar-refractivity contribution < 1.29 is 9.21 Å².